The van der Waals surface area contributed by atoms with Gasteiger partial charge in [-0.05, 0) is 70.4 Å². The highest BCUT2D eigenvalue weighted by Gasteiger charge is 2.49. The third kappa shape index (κ3) is 5.41. The van der Waals surface area contributed by atoms with Crippen LogP contribution >= 0.6 is 0 Å². The second-order valence-corrected chi connectivity index (χ2v) is 13.4. The predicted molar refractivity (Wildman–Crippen MR) is 144 cm³/mol. The molecule has 3 saturated heterocycles. The molecular weight excluding hydrogens is 502 g/mol. The maximum atomic E-state index is 13.7. The Kier molecular flexibility index (Phi) is 7.32. The van der Waals surface area contributed by atoms with Crippen LogP contribution in [-0.2, 0) is 16.6 Å². The van der Waals surface area contributed by atoms with Gasteiger partial charge in [0.05, 0.1) is 0 Å². The first kappa shape index (κ1) is 26.0. The molecule has 4 aliphatic rings. The highest BCUT2D eigenvalue weighted by Crippen LogP contribution is 2.41. The number of likely N-dealkylation sites (N-methyl/N-ethyl adjacent to an activating group) is 1. The summed E-state index contributed by atoms with van der Waals surface area (Å²) >= 11 is 0. The Bertz CT molecular complexity index is 1210. The van der Waals surface area contributed by atoms with Crippen molar-refractivity contribution in [3.63, 3.8) is 0 Å². The molecule has 0 radical (unpaired) electrons. The maximum absolute atomic E-state index is 13.7. The van der Waals surface area contributed by atoms with E-state index in [1.54, 1.807) is 14.7 Å². The standard InChI is InChI=1S/C28H39N5O4S/c1-31(14-11-20-5-3-2-4-6-20)23-12-15-32(16-13-23)38(35,36)33-24-9-10-25(33)18-22(17-24)29-28(34)26-19-27(37-30-26)21-7-8-21/h2-6,19,21-25H,7-18H2,1H3,(H,29,34)/t22?,24-,25+. The van der Waals surface area contributed by atoms with Gasteiger partial charge in [-0.15, -0.1) is 0 Å². The van der Waals surface area contributed by atoms with Gasteiger partial charge in [0.25, 0.3) is 16.1 Å². The minimum Gasteiger partial charge on any atom is -0.360 e. The SMILES string of the molecule is CN(CCc1ccccc1)C1CCN(S(=O)(=O)N2[C@@H]3CC[C@H]2CC(NC(=O)c2cc(C4CC4)on2)C3)CC1. The van der Waals surface area contributed by atoms with Gasteiger partial charge in [-0.2, -0.15) is 17.0 Å². The number of hydrogen-bond acceptors (Lipinski definition) is 6. The molecule has 3 atom stereocenters. The van der Waals surface area contributed by atoms with Gasteiger partial charge in [-0.25, -0.2) is 0 Å². The number of carbonyl (C=O) groups excluding carboxylic acids is 1. The number of hydrogen-bond donors (Lipinski definition) is 1. The molecule has 1 saturated carbocycles. The lowest BCUT2D eigenvalue weighted by atomic mass is 9.99. The number of fused-ring (bicyclic) bond motifs is 2. The van der Waals surface area contributed by atoms with E-state index in [2.05, 4.69) is 46.7 Å². The lowest BCUT2D eigenvalue weighted by Gasteiger charge is -2.43. The molecule has 1 aromatic heterocycles. The van der Waals surface area contributed by atoms with Gasteiger partial charge < -0.3 is 14.7 Å². The molecule has 1 aromatic carbocycles. The second kappa shape index (κ2) is 10.7. The Morgan fingerprint density at radius 2 is 1.74 bits per heavy atom. The monoisotopic (exact) mass is 541 g/mol. The second-order valence-electron chi connectivity index (χ2n) is 11.6. The minimum absolute atomic E-state index is 0.0449. The van der Waals surface area contributed by atoms with E-state index >= 15 is 0 Å². The first-order chi connectivity index (χ1) is 18.4. The molecule has 3 aliphatic heterocycles. The van der Waals surface area contributed by atoms with E-state index in [0.717, 1.165) is 57.3 Å². The largest absolute Gasteiger partial charge is 0.360 e. The highest BCUT2D eigenvalue weighted by atomic mass is 32.2. The van der Waals surface area contributed by atoms with Crippen molar-refractivity contribution in [2.24, 2.45) is 0 Å². The number of amides is 1. The summed E-state index contributed by atoms with van der Waals surface area (Å²) < 4.78 is 36.3. The lowest BCUT2D eigenvalue weighted by molar-refractivity contribution is 0.0896. The maximum Gasteiger partial charge on any atom is 0.282 e. The van der Waals surface area contributed by atoms with Crippen LogP contribution in [-0.4, -0.2) is 83.8 Å². The van der Waals surface area contributed by atoms with Gasteiger partial charge in [-0.1, -0.05) is 35.5 Å². The zero-order chi connectivity index (χ0) is 26.3. The van der Waals surface area contributed by atoms with Crippen molar-refractivity contribution in [2.75, 3.05) is 26.7 Å². The Hall–Kier alpha value is -2.27. The van der Waals surface area contributed by atoms with Gasteiger partial charge in [0.2, 0.25) is 0 Å². The topological polar surface area (TPSA) is 99.0 Å². The van der Waals surface area contributed by atoms with Crippen LogP contribution in [0.5, 0.6) is 0 Å². The fraction of sp³-hybridized carbons (Fsp3) is 0.643. The van der Waals surface area contributed by atoms with E-state index in [1.807, 2.05) is 6.07 Å². The molecule has 6 rings (SSSR count). The normalized spacial score (nSPS) is 27.2. The summed E-state index contributed by atoms with van der Waals surface area (Å²) in [7, 11) is -1.36. The van der Waals surface area contributed by atoms with Crippen LogP contribution in [0, 0.1) is 0 Å². The van der Waals surface area contributed by atoms with Crippen molar-refractivity contribution >= 4 is 16.1 Å². The van der Waals surface area contributed by atoms with E-state index in [0.29, 0.717) is 43.6 Å². The van der Waals surface area contributed by atoms with Gasteiger partial charge in [0.15, 0.2) is 5.69 Å². The number of benzene rings is 1. The van der Waals surface area contributed by atoms with Gasteiger partial charge in [-0.3, -0.25) is 4.79 Å². The fourth-order valence-corrected chi connectivity index (χ4v) is 8.70. The van der Waals surface area contributed by atoms with Crippen molar-refractivity contribution in [2.45, 2.75) is 87.9 Å². The van der Waals surface area contributed by atoms with Crippen molar-refractivity contribution in [3.8, 4) is 0 Å². The van der Waals surface area contributed by atoms with Crippen LogP contribution in [0.1, 0.15) is 79.1 Å². The fourth-order valence-electron chi connectivity index (χ4n) is 6.62. The summed E-state index contributed by atoms with van der Waals surface area (Å²) in [6.45, 7) is 2.10. The van der Waals surface area contributed by atoms with Crippen LogP contribution in [0.25, 0.3) is 0 Å². The van der Waals surface area contributed by atoms with Crippen LogP contribution < -0.4 is 5.32 Å². The number of piperidine rings is 2. The lowest BCUT2D eigenvalue weighted by Crippen LogP contribution is -2.57. The van der Waals surface area contributed by atoms with Crippen LogP contribution in [0.3, 0.4) is 0 Å². The molecule has 1 amide bonds. The van der Waals surface area contributed by atoms with E-state index in [9.17, 15) is 13.2 Å². The minimum atomic E-state index is -3.52. The number of carbonyl (C=O) groups is 1. The molecular formula is C28H39N5O4S. The Morgan fingerprint density at radius 3 is 2.39 bits per heavy atom. The van der Waals surface area contributed by atoms with E-state index < -0.39 is 10.2 Å². The predicted octanol–water partition coefficient (Wildman–Crippen LogP) is 3.16. The third-order valence-corrected chi connectivity index (χ3v) is 11.1. The summed E-state index contributed by atoms with van der Waals surface area (Å²) in [4.78, 5) is 15.2. The first-order valence-electron chi connectivity index (χ1n) is 14.2. The van der Waals surface area contributed by atoms with Gasteiger partial charge in [0, 0.05) is 55.8 Å². The summed E-state index contributed by atoms with van der Waals surface area (Å²) in [6, 6.07) is 12.5. The van der Waals surface area contributed by atoms with E-state index in [-0.39, 0.29) is 24.0 Å². The smallest absolute Gasteiger partial charge is 0.282 e. The van der Waals surface area contributed by atoms with E-state index in [1.165, 1.54) is 5.56 Å². The zero-order valence-electron chi connectivity index (χ0n) is 22.2. The molecule has 4 fully saturated rings. The van der Waals surface area contributed by atoms with Crippen molar-refractivity contribution in [1.82, 2.24) is 24.0 Å². The Morgan fingerprint density at radius 1 is 1.05 bits per heavy atom. The molecule has 1 aliphatic carbocycles. The molecule has 206 valence electrons. The summed E-state index contributed by atoms with van der Waals surface area (Å²) in [5.74, 6) is 0.982. The number of rotatable bonds is 9. The Labute approximate surface area is 225 Å². The summed E-state index contributed by atoms with van der Waals surface area (Å²) in [6.07, 6.45) is 7.89. The van der Waals surface area contributed by atoms with Crippen molar-refractivity contribution < 1.29 is 17.7 Å². The molecule has 38 heavy (non-hydrogen) atoms. The molecule has 0 spiro atoms. The average Bonchev–Trinajstić information content (AvgIpc) is 3.58. The van der Waals surface area contributed by atoms with Crippen molar-refractivity contribution in [1.29, 1.82) is 0 Å². The van der Waals surface area contributed by atoms with Crippen LogP contribution in [0.15, 0.2) is 40.9 Å². The summed E-state index contributed by atoms with van der Waals surface area (Å²) in [5.41, 5.74) is 1.66. The summed E-state index contributed by atoms with van der Waals surface area (Å²) in [5, 5.41) is 7.05. The molecule has 2 bridgehead atoms. The average molecular weight is 542 g/mol. The number of nitrogens with zero attached hydrogens (tertiary/aromatic N) is 4. The van der Waals surface area contributed by atoms with Crippen LogP contribution in [0.4, 0.5) is 0 Å². The molecule has 2 aromatic rings. The molecule has 1 N–H and O–H groups in total. The first-order valence-corrected chi connectivity index (χ1v) is 15.6. The van der Waals surface area contributed by atoms with E-state index in [4.69, 9.17) is 4.52 Å². The Balaban J connectivity index is 1.01. The van der Waals surface area contributed by atoms with Gasteiger partial charge in [0.1, 0.15) is 5.76 Å². The van der Waals surface area contributed by atoms with Crippen molar-refractivity contribution in [3.05, 3.63) is 53.4 Å². The zero-order valence-corrected chi connectivity index (χ0v) is 23.0. The molecule has 4 heterocycles. The third-order valence-electron chi connectivity index (χ3n) is 8.98. The molecule has 10 heteroatoms. The van der Waals surface area contributed by atoms with Crippen LogP contribution in [0.2, 0.25) is 0 Å². The van der Waals surface area contributed by atoms with Gasteiger partial charge >= 0.3 is 0 Å². The quantitative estimate of drug-likeness (QED) is 0.524. The molecule has 1 unspecified atom stereocenters. The highest BCUT2D eigenvalue weighted by molar-refractivity contribution is 7.86. The number of aromatic nitrogens is 1. The number of nitrogens with one attached hydrogen (secondary N) is 1. The molecule has 9 nitrogen and oxygen atoms in total.